The summed E-state index contributed by atoms with van der Waals surface area (Å²) in [6, 6.07) is 5.26. The van der Waals surface area contributed by atoms with E-state index < -0.39 is 0 Å². The van der Waals surface area contributed by atoms with Gasteiger partial charge in [-0.05, 0) is 24.6 Å². The first kappa shape index (κ1) is 13.4. The molecule has 1 aliphatic heterocycles. The van der Waals surface area contributed by atoms with Crippen LogP contribution in [0.4, 0.5) is 5.69 Å². The van der Waals surface area contributed by atoms with Crippen molar-refractivity contribution in [2.75, 3.05) is 25.9 Å². The zero-order chi connectivity index (χ0) is 15.0. The van der Waals surface area contributed by atoms with E-state index in [1.165, 1.54) is 7.11 Å². The zero-order valence-corrected chi connectivity index (χ0v) is 11.6. The number of benzene rings is 1. The minimum absolute atomic E-state index is 0.196. The van der Waals surface area contributed by atoms with Crippen molar-refractivity contribution < 1.29 is 14.3 Å². The predicted molar refractivity (Wildman–Crippen MR) is 76.5 cm³/mol. The third-order valence-electron chi connectivity index (χ3n) is 3.80. The fourth-order valence-corrected chi connectivity index (χ4v) is 2.65. The molecule has 3 N–H and O–H groups in total. The molecule has 2 aromatic rings. The van der Waals surface area contributed by atoms with E-state index in [2.05, 4.69) is 10.2 Å². The van der Waals surface area contributed by atoms with Crippen LogP contribution < -0.4 is 5.73 Å². The Bertz CT molecular complexity index is 709. The summed E-state index contributed by atoms with van der Waals surface area (Å²) in [5.41, 5.74) is 7.43. The third-order valence-corrected chi connectivity index (χ3v) is 3.80. The van der Waals surface area contributed by atoms with E-state index in [-0.39, 0.29) is 17.8 Å². The van der Waals surface area contributed by atoms with Gasteiger partial charge in [-0.3, -0.25) is 14.7 Å². The first-order valence-corrected chi connectivity index (χ1v) is 6.71. The van der Waals surface area contributed by atoms with Gasteiger partial charge in [0.1, 0.15) is 0 Å². The molecule has 1 aromatic heterocycles. The number of H-pyrrole nitrogens is 1. The van der Waals surface area contributed by atoms with Crippen LogP contribution in [0.15, 0.2) is 18.2 Å². The lowest BCUT2D eigenvalue weighted by molar-refractivity contribution is -0.144. The van der Waals surface area contributed by atoms with Gasteiger partial charge in [0.15, 0.2) is 5.69 Å². The molecule has 0 saturated carbocycles. The number of hydrogen-bond donors (Lipinski definition) is 2. The van der Waals surface area contributed by atoms with E-state index in [0.717, 1.165) is 5.52 Å². The number of carbonyl (C=O) groups excluding carboxylic acids is 2. The number of aromatic amines is 1. The molecule has 1 amide bonds. The highest BCUT2D eigenvalue weighted by atomic mass is 16.5. The molecule has 3 rings (SSSR count). The monoisotopic (exact) mass is 288 g/mol. The molecule has 1 atom stereocenters. The fraction of sp³-hybridized carbons (Fsp3) is 0.357. The van der Waals surface area contributed by atoms with Gasteiger partial charge in [-0.2, -0.15) is 5.10 Å². The molecule has 0 radical (unpaired) electrons. The number of anilines is 1. The number of methoxy groups -OCH3 is 1. The van der Waals surface area contributed by atoms with Crippen molar-refractivity contribution in [3.63, 3.8) is 0 Å². The summed E-state index contributed by atoms with van der Waals surface area (Å²) < 4.78 is 4.72. The molecule has 1 aromatic carbocycles. The Morgan fingerprint density at radius 2 is 2.29 bits per heavy atom. The first-order chi connectivity index (χ1) is 10.1. The summed E-state index contributed by atoms with van der Waals surface area (Å²) in [6.45, 7) is 0.886. The number of nitrogens with zero attached hydrogens (tertiary/aromatic N) is 2. The quantitative estimate of drug-likeness (QED) is 0.628. The fourth-order valence-electron chi connectivity index (χ4n) is 2.65. The van der Waals surface area contributed by atoms with Crippen LogP contribution in [-0.4, -0.2) is 47.2 Å². The van der Waals surface area contributed by atoms with E-state index >= 15 is 0 Å². The minimum atomic E-state index is -0.276. The van der Waals surface area contributed by atoms with Crippen LogP contribution in [0.2, 0.25) is 0 Å². The third kappa shape index (κ3) is 2.31. The number of aromatic nitrogens is 2. The second kappa shape index (κ2) is 5.08. The second-order valence-electron chi connectivity index (χ2n) is 5.14. The van der Waals surface area contributed by atoms with Crippen LogP contribution in [0.5, 0.6) is 0 Å². The van der Waals surface area contributed by atoms with E-state index in [9.17, 15) is 9.59 Å². The molecule has 21 heavy (non-hydrogen) atoms. The molecule has 1 unspecified atom stereocenters. The summed E-state index contributed by atoms with van der Waals surface area (Å²) in [7, 11) is 1.36. The van der Waals surface area contributed by atoms with Crippen molar-refractivity contribution in [3.8, 4) is 0 Å². The summed E-state index contributed by atoms with van der Waals surface area (Å²) in [5, 5.41) is 7.60. The van der Waals surface area contributed by atoms with E-state index in [0.29, 0.717) is 36.3 Å². The number of amides is 1. The van der Waals surface area contributed by atoms with Crippen molar-refractivity contribution in [2.24, 2.45) is 5.92 Å². The number of esters is 1. The van der Waals surface area contributed by atoms with Crippen LogP contribution in [-0.2, 0) is 9.53 Å². The smallest absolute Gasteiger partial charge is 0.310 e. The molecule has 1 aliphatic rings. The lowest BCUT2D eigenvalue weighted by atomic mass is 10.1. The highest BCUT2D eigenvalue weighted by molar-refractivity contribution is 6.05. The number of likely N-dealkylation sites (tertiary alicyclic amines) is 1. The molecule has 1 saturated heterocycles. The van der Waals surface area contributed by atoms with Crippen LogP contribution in [0.25, 0.3) is 10.9 Å². The van der Waals surface area contributed by atoms with Crippen LogP contribution in [0.1, 0.15) is 16.9 Å². The molecule has 1 fully saturated rings. The van der Waals surface area contributed by atoms with E-state index in [1.54, 1.807) is 23.1 Å². The maximum atomic E-state index is 12.5. The number of nitrogens with one attached hydrogen (secondary N) is 1. The van der Waals surface area contributed by atoms with Crippen molar-refractivity contribution >= 4 is 28.5 Å². The number of ether oxygens (including phenoxy) is 1. The van der Waals surface area contributed by atoms with Crippen LogP contribution in [0, 0.1) is 5.92 Å². The van der Waals surface area contributed by atoms with Gasteiger partial charge < -0.3 is 15.4 Å². The van der Waals surface area contributed by atoms with Crippen molar-refractivity contribution in [3.05, 3.63) is 23.9 Å². The molecule has 0 spiro atoms. The summed E-state index contributed by atoms with van der Waals surface area (Å²) >= 11 is 0. The Hall–Kier alpha value is -2.57. The molecular formula is C14H16N4O3. The number of carbonyl (C=O) groups is 2. The Morgan fingerprint density at radius 3 is 3.05 bits per heavy atom. The number of hydrogen-bond acceptors (Lipinski definition) is 5. The van der Waals surface area contributed by atoms with Crippen molar-refractivity contribution in [1.82, 2.24) is 15.1 Å². The Labute approximate surface area is 121 Å². The van der Waals surface area contributed by atoms with Crippen LogP contribution >= 0.6 is 0 Å². The molecule has 0 aliphatic carbocycles. The lowest BCUT2D eigenvalue weighted by Crippen LogP contribution is -2.30. The Balaban J connectivity index is 1.85. The van der Waals surface area contributed by atoms with E-state index in [1.807, 2.05) is 0 Å². The Kier molecular flexibility index (Phi) is 3.25. The summed E-state index contributed by atoms with van der Waals surface area (Å²) in [4.78, 5) is 25.7. The number of rotatable bonds is 2. The van der Waals surface area contributed by atoms with Crippen LogP contribution in [0.3, 0.4) is 0 Å². The molecule has 2 heterocycles. The molecule has 7 nitrogen and oxygen atoms in total. The maximum absolute atomic E-state index is 12.5. The molecule has 110 valence electrons. The summed E-state index contributed by atoms with van der Waals surface area (Å²) in [6.07, 6.45) is 0.614. The number of nitrogens with two attached hydrogens (primary N) is 1. The largest absolute Gasteiger partial charge is 0.469 e. The normalized spacial score (nSPS) is 18.1. The highest BCUT2D eigenvalue weighted by Gasteiger charge is 2.33. The number of fused-ring (bicyclic) bond motifs is 1. The maximum Gasteiger partial charge on any atom is 0.310 e. The topological polar surface area (TPSA) is 101 Å². The van der Waals surface area contributed by atoms with Gasteiger partial charge in [0, 0.05) is 24.2 Å². The lowest BCUT2D eigenvalue weighted by Gasteiger charge is -2.14. The molecule has 7 heteroatoms. The number of nitrogen functional groups attached to an aromatic ring is 1. The first-order valence-electron chi connectivity index (χ1n) is 6.71. The van der Waals surface area contributed by atoms with Gasteiger partial charge in [-0.15, -0.1) is 0 Å². The molecule has 0 bridgehead atoms. The average Bonchev–Trinajstić information content (AvgIpc) is 3.12. The highest BCUT2D eigenvalue weighted by Crippen LogP contribution is 2.24. The zero-order valence-electron chi connectivity index (χ0n) is 11.6. The predicted octanol–water partition coefficient (Wildman–Crippen LogP) is 0.780. The van der Waals surface area contributed by atoms with E-state index in [4.69, 9.17) is 10.5 Å². The van der Waals surface area contributed by atoms with Gasteiger partial charge in [0.25, 0.3) is 5.91 Å². The summed E-state index contributed by atoms with van der Waals surface area (Å²) in [5.74, 6) is -0.728. The second-order valence-corrected chi connectivity index (χ2v) is 5.14. The van der Waals surface area contributed by atoms with Crippen molar-refractivity contribution in [2.45, 2.75) is 6.42 Å². The van der Waals surface area contributed by atoms with Crippen molar-refractivity contribution in [1.29, 1.82) is 0 Å². The van der Waals surface area contributed by atoms with Gasteiger partial charge in [-0.1, -0.05) is 0 Å². The SMILES string of the molecule is COC(=O)C1CCN(C(=O)c2n[nH]c3ccc(N)cc23)C1. The minimum Gasteiger partial charge on any atom is -0.469 e. The standard InChI is InChI=1S/C14H16N4O3/c1-21-14(20)8-4-5-18(7-8)13(19)12-10-6-9(15)2-3-11(10)16-17-12/h2-3,6,8H,4-5,7,15H2,1H3,(H,16,17). The Morgan fingerprint density at radius 1 is 1.48 bits per heavy atom. The van der Waals surface area contributed by atoms with Gasteiger partial charge >= 0.3 is 5.97 Å². The van der Waals surface area contributed by atoms with Gasteiger partial charge in [0.05, 0.1) is 18.5 Å². The molecular weight excluding hydrogens is 272 g/mol. The average molecular weight is 288 g/mol. The van der Waals surface area contributed by atoms with Gasteiger partial charge in [0.2, 0.25) is 0 Å². The van der Waals surface area contributed by atoms with Gasteiger partial charge in [-0.25, -0.2) is 0 Å².